The first-order valence-corrected chi connectivity index (χ1v) is 10.9. The lowest BCUT2D eigenvalue weighted by molar-refractivity contribution is 0.0938. The van der Waals surface area contributed by atoms with Gasteiger partial charge < -0.3 is 10.2 Å². The number of amides is 1. The number of rotatable bonds is 4. The minimum absolute atomic E-state index is 0.0769. The van der Waals surface area contributed by atoms with E-state index in [0.717, 1.165) is 40.7 Å². The largest absolute Gasteiger partial charge is 0.349 e. The zero-order valence-corrected chi connectivity index (χ0v) is 16.7. The summed E-state index contributed by atoms with van der Waals surface area (Å²) in [6.07, 6.45) is 7.10. The van der Waals surface area contributed by atoms with Crippen LogP contribution in [0.25, 0.3) is 10.2 Å². The first-order valence-electron chi connectivity index (χ1n) is 10.1. The maximum absolute atomic E-state index is 12.6. The molecule has 1 saturated heterocycles. The Morgan fingerprint density at radius 3 is 2.65 bits per heavy atom. The van der Waals surface area contributed by atoms with E-state index in [1.807, 2.05) is 6.07 Å². The number of aryl methyl sites for hydroxylation is 1. The van der Waals surface area contributed by atoms with Gasteiger partial charge in [0.1, 0.15) is 0 Å². The lowest BCUT2D eigenvalue weighted by Gasteiger charge is -2.29. The van der Waals surface area contributed by atoms with Gasteiger partial charge in [-0.1, -0.05) is 19.8 Å². The number of carbonyl (C=O) groups is 1. The molecule has 2 heterocycles. The van der Waals surface area contributed by atoms with Crippen LogP contribution >= 0.6 is 11.3 Å². The quantitative estimate of drug-likeness (QED) is 0.862. The van der Waals surface area contributed by atoms with E-state index in [-0.39, 0.29) is 5.91 Å². The molecule has 1 aliphatic carbocycles. The van der Waals surface area contributed by atoms with Crippen LogP contribution in [-0.2, 0) is 0 Å². The minimum atomic E-state index is 0.0769. The fourth-order valence-electron chi connectivity index (χ4n) is 4.35. The molecule has 0 radical (unpaired) electrons. The van der Waals surface area contributed by atoms with Gasteiger partial charge in [-0.05, 0) is 69.9 Å². The molecule has 26 heavy (non-hydrogen) atoms. The number of aromatic nitrogens is 1. The number of carbonyl (C=O) groups excluding carboxylic acids is 1. The second-order valence-electron chi connectivity index (χ2n) is 7.86. The second kappa shape index (κ2) is 7.65. The summed E-state index contributed by atoms with van der Waals surface area (Å²) in [5.41, 5.74) is 2.99. The van der Waals surface area contributed by atoms with Crippen LogP contribution in [0, 0.1) is 6.92 Å². The highest BCUT2D eigenvalue weighted by Gasteiger charge is 2.24. The molecule has 1 aliphatic heterocycles. The van der Waals surface area contributed by atoms with Gasteiger partial charge >= 0.3 is 0 Å². The van der Waals surface area contributed by atoms with E-state index in [2.05, 4.69) is 30.1 Å². The fraction of sp³-hybridized carbons (Fsp3) is 0.619. The zero-order valence-electron chi connectivity index (χ0n) is 15.9. The third-order valence-corrected chi connectivity index (χ3v) is 7.20. The molecule has 1 aromatic carbocycles. The Kier molecular flexibility index (Phi) is 5.28. The summed E-state index contributed by atoms with van der Waals surface area (Å²) in [5.74, 6) is 0.651. The topological polar surface area (TPSA) is 45.2 Å². The van der Waals surface area contributed by atoms with E-state index < -0.39 is 0 Å². The number of nitrogens with one attached hydrogen (secondary N) is 1. The first kappa shape index (κ1) is 17.9. The molecule has 0 bridgehead atoms. The van der Waals surface area contributed by atoms with Crippen LogP contribution in [0.5, 0.6) is 0 Å². The molecule has 4 nitrogen and oxygen atoms in total. The van der Waals surface area contributed by atoms with Gasteiger partial charge in [0.2, 0.25) is 0 Å². The Bertz CT molecular complexity index is 786. The molecule has 0 spiro atoms. The number of piperidine rings is 1. The summed E-state index contributed by atoms with van der Waals surface area (Å²) < 4.78 is 1.16. The predicted molar refractivity (Wildman–Crippen MR) is 108 cm³/mol. The number of nitrogens with zero attached hydrogens (tertiary/aromatic N) is 2. The van der Waals surface area contributed by atoms with Crippen molar-refractivity contribution in [1.82, 2.24) is 15.2 Å². The summed E-state index contributed by atoms with van der Waals surface area (Å²) in [6, 6.07) is 4.42. The van der Waals surface area contributed by atoms with E-state index in [1.165, 1.54) is 43.8 Å². The first-order chi connectivity index (χ1) is 12.6. The molecule has 4 rings (SSSR count). The Hall–Kier alpha value is -1.46. The summed E-state index contributed by atoms with van der Waals surface area (Å²) in [5, 5.41) is 4.46. The van der Waals surface area contributed by atoms with E-state index in [4.69, 9.17) is 4.98 Å². The standard InChI is InChI=1S/C21H29N3OS/c1-3-24-10-8-15(9-11-24)21-23-19-14(2)12-16(13-18(19)26-21)20(25)22-17-6-4-5-7-17/h12-13,15,17H,3-11H2,1-2H3,(H,22,25). The number of fused-ring (bicyclic) bond motifs is 1. The van der Waals surface area contributed by atoms with Gasteiger partial charge in [0.05, 0.1) is 15.2 Å². The minimum Gasteiger partial charge on any atom is -0.349 e. The lowest BCUT2D eigenvalue weighted by Crippen LogP contribution is -2.32. The average molecular weight is 372 g/mol. The Balaban J connectivity index is 1.54. The highest BCUT2D eigenvalue weighted by Crippen LogP contribution is 2.35. The van der Waals surface area contributed by atoms with Crippen LogP contribution in [0.4, 0.5) is 0 Å². The van der Waals surface area contributed by atoms with Gasteiger partial charge in [0.15, 0.2) is 0 Å². The molecule has 1 N–H and O–H groups in total. The molecule has 0 unspecified atom stereocenters. The van der Waals surface area contributed by atoms with Crippen molar-refractivity contribution in [3.05, 3.63) is 28.3 Å². The summed E-state index contributed by atoms with van der Waals surface area (Å²) in [7, 11) is 0. The summed E-state index contributed by atoms with van der Waals surface area (Å²) >= 11 is 1.79. The lowest BCUT2D eigenvalue weighted by atomic mass is 9.97. The van der Waals surface area contributed by atoms with E-state index >= 15 is 0 Å². The van der Waals surface area contributed by atoms with Crippen LogP contribution < -0.4 is 5.32 Å². The molecule has 1 aromatic heterocycles. The molecule has 2 fully saturated rings. The third-order valence-electron chi connectivity index (χ3n) is 6.04. The van der Waals surface area contributed by atoms with Crippen LogP contribution in [0.1, 0.15) is 72.3 Å². The van der Waals surface area contributed by atoms with Crippen LogP contribution in [0.3, 0.4) is 0 Å². The number of benzene rings is 1. The molecule has 140 valence electrons. The zero-order chi connectivity index (χ0) is 18.1. The van der Waals surface area contributed by atoms with Gasteiger partial charge in [-0.3, -0.25) is 4.79 Å². The van der Waals surface area contributed by atoms with Crippen LogP contribution in [0.15, 0.2) is 12.1 Å². The van der Waals surface area contributed by atoms with Crippen molar-refractivity contribution in [2.24, 2.45) is 0 Å². The van der Waals surface area contributed by atoms with Crippen molar-refractivity contribution in [3.63, 3.8) is 0 Å². The highest BCUT2D eigenvalue weighted by molar-refractivity contribution is 7.18. The smallest absolute Gasteiger partial charge is 0.251 e. The third kappa shape index (κ3) is 3.65. The molecule has 1 saturated carbocycles. The monoisotopic (exact) mass is 371 g/mol. The van der Waals surface area contributed by atoms with E-state index in [1.54, 1.807) is 11.3 Å². The average Bonchev–Trinajstić information content (AvgIpc) is 3.31. The Labute approximate surface area is 160 Å². The predicted octanol–water partition coefficient (Wildman–Crippen LogP) is 4.48. The second-order valence-corrected chi connectivity index (χ2v) is 8.92. The normalized spacial score (nSPS) is 20.1. The SMILES string of the molecule is CCN1CCC(c2nc3c(C)cc(C(=O)NC4CCCC4)cc3s2)CC1. The number of hydrogen-bond acceptors (Lipinski definition) is 4. The summed E-state index contributed by atoms with van der Waals surface area (Å²) in [4.78, 5) is 20.1. The van der Waals surface area contributed by atoms with Crippen molar-refractivity contribution in [2.75, 3.05) is 19.6 Å². The summed E-state index contributed by atoms with van der Waals surface area (Å²) in [6.45, 7) is 7.80. The van der Waals surface area contributed by atoms with Crippen molar-refractivity contribution in [3.8, 4) is 0 Å². The Morgan fingerprint density at radius 1 is 1.23 bits per heavy atom. The molecule has 0 atom stereocenters. The maximum atomic E-state index is 12.6. The van der Waals surface area contributed by atoms with Crippen LogP contribution in [0.2, 0.25) is 0 Å². The van der Waals surface area contributed by atoms with Crippen molar-refractivity contribution >= 4 is 27.5 Å². The van der Waals surface area contributed by atoms with Crippen LogP contribution in [-0.4, -0.2) is 41.5 Å². The molecule has 5 heteroatoms. The molecule has 2 aliphatic rings. The van der Waals surface area contributed by atoms with Crippen molar-refractivity contribution in [2.45, 2.75) is 64.3 Å². The highest BCUT2D eigenvalue weighted by atomic mass is 32.1. The van der Waals surface area contributed by atoms with E-state index in [0.29, 0.717) is 12.0 Å². The van der Waals surface area contributed by atoms with Crippen molar-refractivity contribution < 1.29 is 4.79 Å². The molecule has 2 aromatic rings. The van der Waals surface area contributed by atoms with Gasteiger partial charge in [-0.2, -0.15) is 0 Å². The van der Waals surface area contributed by atoms with E-state index in [9.17, 15) is 4.79 Å². The molecular formula is C21H29N3OS. The molecular weight excluding hydrogens is 342 g/mol. The van der Waals surface area contributed by atoms with Gasteiger partial charge in [0, 0.05) is 17.5 Å². The van der Waals surface area contributed by atoms with Crippen molar-refractivity contribution in [1.29, 1.82) is 0 Å². The van der Waals surface area contributed by atoms with Gasteiger partial charge in [0.25, 0.3) is 5.91 Å². The number of thiazole rings is 1. The number of hydrogen-bond donors (Lipinski definition) is 1. The van der Waals surface area contributed by atoms with Gasteiger partial charge in [-0.15, -0.1) is 11.3 Å². The maximum Gasteiger partial charge on any atom is 0.251 e. The fourth-order valence-corrected chi connectivity index (χ4v) is 5.61. The number of likely N-dealkylation sites (tertiary alicyclic amines) is 1. The molecule has 1 amide bonds. The Morgan fingerprint density at radius 2 is 1.96 bits per heavy atom. The van der Waals surface area contributed by atoms with Gasteiger partial charge in [-0.25, -0.2) is 4.98 Å².